The lowest BCUT2D eigenvalue weighted by atomic mass is 10.1. The van der Waals surface area contributed by atoms with Crippen molar-refractivity contribution in [2.24, 2.45) is 0 Å². The summed E-state index contributed by atoms with van der Waals surface area (Å²) < 4.78 is 20.8. The van der Waals surface area contributed by atoms with E-state index in [4.69, 9.17) is 4.74 Å². The molecule has 0 aliphatic rings. The van der Waals surface area contributed by atoms with E-state index in [1.165, 1.54) is 24.4 Å². The summed E-state index contributed by atoms with van der Waals surface area (Å²) in [6, 6.07) is 15.9. The number of carbonyl (C=O) groups excluding carboxylic acids is 1. The number of nitrogens with zero attached hydrogens (tertiary/aromatic N) is 2. The van der Waals surface area contributed by atoms with Crippen molar-refractivity contribution in [3.63, 3.8) is 0 Å². The minimum absolute atomic E-state index is 0.139. The topological polar surface area (TPSA) is 61.2 Å². The van der Waals surface area contributed by atoms with Crippen LogP contribution in [0.3, 0.4) is 0 Å². The van der Waals surface area contributed by atoms with Gasteiger partial charge in [-0.15, -0.1) is 0 Å². The lowest BCUT2D eigenvalue weighted by Gasteiger charge is -2.14. The quantitative estimate of drug-likeness (QED) is 0.499. The maximum absolute atomic E-state index is 14.5. The van der Waals surface area contributed by atoms with Gasteiger partial charge in [0.15, 0.2) is 5.75 Å². The van der Waals surface area contributed by atoms with Gasteiger partial charge in [-0.05, 0) is 34.9 Å². The predicted molar refractivity (Wildman–Crippen MR) is 104 cm³/mol. The summed E-state index contributed by atoms with van der Waals surface area (Å²) in [6.45, 7) is 0.495. The standard InChI is InChI=1S/C22H15FN2O3/c23-19-5-1-4-18-21(19)25(13-20(22(18)27)28-14-26)12-15-6-8-16(9-7-15)17-3-2-10-24-11-17/h1-11,13-14H,12H2. The number of fused-ring (bicyclic) bond motifs is 1. The van der Waals surface area contributed by atoms with Crippen LogP contribution in [-0.2, 0) is 11.3 Å². The summed E-state index contributed by atoms with van der Waals surface area (Å²) >= 11 is 0. The Kier molecular flexibility index (Phi) is 4.68. The first kappa shape index (κ1) is 17.6. The monoisotopic (exact) mass is 374 g/mol. The third kappa shape index (κ3) is 3.27. The van der Waals surface area contributed by atoms with Gasteiger partial charge in [-0.2, -0.15) is 0 Å². The van der Waals surface area contributed by atoms with Crippen LogP contribution in [0.1, 0.15) is 5.56 Å². The van der Waals surface area contributed by atoms with Gasteiger partial charge in [-0.3, -0.25) is 14.6 Å². The Hall–Kier alpha value is -3.80. The third-order valence-corrected chi connectivity index (χ3v) is 4.49. The average Bonchev–Trinajstić information content (AvgIpc) is 2.73. The van der Waals surface area contributed by atoms with Gasteiger partial charge < -0.3 is 9.30 Å². The number of hydrogen-bond donors (Lipinski definition) is 0. The zero-order valence-electron chi connectivity index (χ0n) is 14.7. The smallest absolute Gasteiger partial charge is 0.298 e. The van der Waals surface area contributed by atoms with E-state index in [0.29, 0.717) is 6.54 Å². The van der Waals surface area contributed by atoms with E-state index in [9.17, 15) is 14.0 Å². The van der Waals surface area contributed by atoms with Crippen LogP contribution in [0, 0.1) is 5.82 Å². The first-order valence-electron chi connectivity index (χ1n) is 8.58. The van der Waals surface area contributed by atoms with Crippen LogP contribution in [-0.4, -0.2) is 16.0 Å². The zero-order valence-corrected chi connectivity index (χ0v) is 14.7. The Labute approximate surface area is 159 Å². The molecule has 0 bridgehead atoms. The second kappa shape index (κ2) is 7.44. The number of hydrogen-bond acceptors (Lipinski definition) is 4. The number of carbonyl (C=O) groups is 1. The summed E-state index contributed by atoms with van der Waals surface area (Å²) in [5.41, 5.74) is 2.55. The highest BCUT2D eigenvalue weighted by molar-refractivity contribution is 5.81. The highest BCUT2D eigenvalue weighted by atomic mass is 19.1. The summed E-state index contributed by atoms with van der Waals surface area (Å²) in [6.07, 6.45) is 4.85. The van der Waals surface area contributed by atoms with E-state index in [1.807, 2.05) is 36.4 Å². The van der Waals surface area contributed by atoms with Gasteiger partial charge in [0.1, 0.15) is 5.82 Å². The van der Waals surface area contributed by atoms with E-state index in [0.717, 1.165) is 16.7 Å². The summed E-state index contributed by atoms with van der Waals surface area (Å²) in [4.78, 5) is 27.2. The molecule has 0 amide bonds. The number of benzene rings is 2. The molecule has 6 heteroatoms. The maximum Gasteiger partial charge on any atom is 0.298 e. The number of pyridine rings is 2. The van der Waals surface area contributed by atoms with Crippen LogP contribution in [0.2, 0.25) is 0 Å². The van der Waals surface area contributed by atoms with Gasteiger partial charge >= 0.3 is 0 Å². The molecule has 0 aliphatic heterocycles. The van der Waals surface area contributed by atoms with Crippen molar-refractivity contribution in [1.82, 2.24) is 9.55 Å². The largest absolute Gasteiger partial charge is 0.423 e. The molecule has 0 spiro atoms. The van der Waals surface area contributed by atoms with Crippen molar-refractivity contribution in [1.29, 1.82) is 0 Å². The van der Waals surface area contributed by atoms with E-state index in [1.54, 1.807) is 17.0 Å². The zero-order chi connectivity index (χ0) is 19.5. The Morgan fingerprint density at radius 2 is 1.86 bits per heavy atom. The van der Waals surface area contributed by atoms with Gasteiger partial charge in [-0.25, -0.2) is 4.39 Å². The van der Waals surface area contributed by atoms with Crippen LogP contribution in [0.5, 0.6) is 5.75 Å². The molecule has 2 aromatic carbocycles. The molecule has 4 aromatic rings. The first-order chi connectivity index (χ1) is 13.7. The summed E-state index contributed by atoms with van der Waals surface area (Å²) in [7, 11) is 0. The Balaban J connectivity index is 1.76. The van der Waals surface area contributed by atoms with Gasteiger partial charge in [0.05, 0.1) is 17.1 Å². The molecule has 0 radical (unpaired) electrons. The predicted octanol–water partition coefficient (Wildman–Crippen LogP) is 3.79. The summed E-state index contributed by atoms with van der Waals surface area (Å²) in [5.74, 6) is -0.653. The average molecular weight is 374 g/mol. The molecule has 0 unspecified atom stereocenters. The molecule has 0 aliphatic carbocycles. The molecular weight excluding hydrogens is 359 g/mol. The lowest BCUT2D eigenvalue weighted by Crippen LogP contribution is -2.14. The molecule has 0 N–H and O–H groups in total. The van der Waals surface area contributed by atoms with Crippen LogP contribution in [0.4, 0.5) is 4.39 Å². The van der Waals surface area contributed by atoms with Crippen molar-refractivity contribution in [3.8, 4) is 16.9 Å². The second-order valence-electron chi connectivity index (χ2n) is 6.24. The Morgan fingerprint density at radius 1 is 1.04 bits per heavy atom. The van der Waals surface area contributed by atoms with Crippen LogP contribution >= 0.6 is 0 Å². The minimum atomic E-state index is -0.523. The van der Waals surface area contributed by atoms with E-state index < -0.39 is 11.2 Å². The van der Waals surface area contributed by atoms with Crippen LogP contribution in [0.15, 0.2) is 78.0 Å². The molecule has 0 saturated heterocycles. The van der Waals surface area contributed by atoms with Gasteiger partial charge in [-0.1, -0.05) is 36.4 Å². The minimum Gasteiger partial charge on any atom is -0.423 e. The number of halogens is 1. The number of aromatic nitrogens is 2. The molecule has 0 fully saturated rings. The maximum atomic E-state index is 14.5. The fraction of sp³-hybridized carbons (Fsp3) is 0.0455. The van der Waals surface area contributed by atoms with Crippen molar-refractivity contribution in [3.05, 3.63) is 94.8 Å². The number of rotatable bonds is 5. The number of ether oxygens (including phenoxy) is 1. The van der Waals surface area contributed by atoms with Crippen LogP contribution < -0.4 is 10.2 Å². The highest BCUT2D eigenvalue weighted by Gasteiger charge is 2.14. The molecule has 5 nitrogen and oxygen atoms in total. The van der Waals surface area contributed by atoms with Crippen molar-refractivity contribution >= 4 is 17.4 Å². The van der Waals surface area contributed by atoms with Crippen molar-refractivity contribution in [2.75, 3.05) is 0 Å². The molecule has 2 aromatic heterocycles. The second-order valence-corrected chi connectivity index (χ2v) is 6.24. The fourth-order valence-electron chi connectivity index (χ4n) is 3.18. The van der Waals surface area contributed by atoms with Gasteiger partial charge in [0.2, 0.25) is 5.43 Å². The molecule has 0 atom stereocenters. The van der Waals surface area contributed by atoms with Crippen LogP contribution in [0.25, 0.3) is 22.0 Å². The highest BCUT2D eigenvalue weighted by Crippen LogP contribution is 2.22. The Bertz CT molecular complexity index is 1200. The van der Waals surface area contributed by atoms with Gasteiger partial charge in [0, 0.05) is 18.9 Å². The molecule has 0 saturated carbocycles. The molecule has 2 heterocycles. The Morgan fingerprint density at radius 3 is 2.57 bits per heavy atom. The molecule has 4 rings (SSSR count). The third-order valence-electron chi connectivity index (χ3n) is 4.49. The van der Waals surface area contributed by atoms with E-state index in [-0.39, 0.29) is 23.1 Å². The van der Waals surface area contributed by atoms with Gasteiger partial charge in [0.25, 0.3) is 6.47 Å². The molecule has 28 heavy (non-hydrogen) atoms. The molecular formula is C22H15FN2O3. The van der Waals surface area contributed by atoms with E-state index in [2.05, 4.69) is 4.98 Å². The fourth-order valence-corrected chi connectivity index (χ4v) is 3.18. The van der Waals surface area contributed by atoms with E-state index >= 15 is 0 Å². The summed E-state index contributed by atoms with van der Waals surface area (Å²) in [5, 5.41) is 0.159. The first-order valence-corrected chi connectivity index (χ1v) is 8.58. The number of para-hydroxylation sites is 1. The van der Waals surface area contributed by atoms with Crippen molar-refractivity contribution in [2.45, 2.75) is 6.54 Å². The normalized spacial score (nSPS) is 10.8. The SMILES string of the molecule is O=COc1cn(Cc2ccc(-c3cccnc3)cc2)c2c(F)cccc2c1=O. The lowest BCUT2D eigenvalue weighted by molar-refractivity contribution is -0.120. The molecule has 138 valence electrons. The van der Waals surface area contributed by atoms with Crippen molar-refractivity contribution < 1.29 is 13.9 Å².